The van der Waals surface area contributed by atoms with Gasteiger partial charge in [-0.2, -0.15) is 0 Å². The van der Waals surface area contributed by atoms with Crippen LogP contribution in [-0.4, -0.2) is 46.1 Å². The molecule has 3 heterocycles. The molecule has 0 unspecified atom stereocenters. The van der Waals surface area contributed by atoms with E-state index in [1.807, 2.05) is 4.90 Å². The monoisotopic (exact) mass is 275 g/mol. The fourth-order valence-electron chi connectivity index (χ4n) is 3.33. The molecule has 20 heavy (non-hydrogen) atoms. The molecular formula is C15H21N3O2. The minimum absolute atomic E-state index is 0.0271. The van der Waals surface area contributed by atoms with Crippen molar-refractivity contribution < 1.29 is 9.53 Å². The van der Waals surface area contributed by atoms with Crippen molar-refractivity contribution in [2.75, 3.05) is 19.7 Å². The molecule has 0 aliphatic carbocycles. The van der Waals surface area contributed by atoms with Gasteiger partial charge in [0.05, 0.1) is 24.9 Å². The minimum atomic E-state index is -0.114. The lowest BCUT2D eigenvalue weighted by Crippen LogP contribution is -2.50. The number of rotatable bonds is 2. The number of carbonyl (C=O) groups is 1. The highest BCUT2D eigenvalue weighted by molar-refractivity contribution is 5.92. The molecule has 2 atom stereocenters. The maximum atomic E-state index is 12.5. The van der Waals surface area contributed by atoms with E-state index < -0.39 is 0 Å². The molecule has 1 spiro atoms. The van der Waals surface area contributed by atoms with E-state index in [1.54, 1.807) is 12.4 Å². The number of piperidine rings is 1. The number of ether oxygens (including phenoxy) is 1. The van der Waals surface area contributed by atoms with Crippen molar-refractivity contribution in [2.24, 2.45) is 5.92 Å². The molecule has 0 N–H and O–H groups in total. The van der Waals surface area contributed by atoms with Gasteiger partial charge in [0.1, 0.15) is 5.69 Å². The fourth-order valence-corrected chi connectivity index (χ4v) is 3.33. The van der Waals surface area contributed by atoms with Gasteiger partial charge in [-0.05, 0) is 25.2 Å². The summed E-state index contributed by atoms with van der Waals surface area (Å²) in [7, 11) is 0. The first-order chi connectivity index (χ1) is 9.72. The average Bonchev–Trinajstić information content (AvgIpc) is 2.90. The third-order valence-corrected chi connectivity index (χ3v) is 4.47. The van der Waals surface area contributed by atoms with Crippen LogP contribution >= 0.6 is 0 Å². The maximum absolute atomic E-state index is 12.5. The van der Waals surface area contributed by atoms with Crippen LogP contribution < -0.4 is 0 Å². The van der Waals surface area contributed by atoms with Crippen molar-refractivity contribution in [3.05, 3.63) is 24.3 Å². The lowest BCUT2D eigenvalue weighted by Gasteiger charge is -2.39. The highest BCUT2D eigenvalue weighted by atomic mass is 16.5. The molecule has 1 aromatic rings. The third kappa shape index (κ3) is 2.54. The first-order valence-corrected chi connectivity index (χ1v) is 7.42. The minimum Gasteiger partial charge on any atom is -0.373 e. The Labute approximate surface area is 119 Å². The molecule has 5 nitrogen and oxygen atoms in total. The second-order valence-corrected chi connectivity index (χ2v) is 5.89. The quantitative estimate of drug-likeness (QED) is 0.827. The molecule has 1 amide bonds. The summed E-state index contributed by atoms with van der Waals surface area (Å²) in [5, 5.41) is 0. The average molecular weight is 275 g/mol. The van der Waals surface area contributed by atoms with Crippen LogP contribution in [0.1, 0.15) is 43.1 Å². The zero-order valence-corrected chi connectivity index (χ0v) is 11.9. The summed E-state index contributed by atoms with van der Waals surface area (Å²) < 4.78 is 6.07. The fraction of sp³-hybridized carbons (Fsp3) is 0.667. The van der Waals surface area contributed by atoms with E-state index in [-0.39, 0.29) is 11.5 Å². The van der Waals surface area contributed by atoms with E-state index in [2.05, 4.69) is 16.9 Å². The zero-order valence-electron chi connectivity index (χ0n) is 11.9. The smallest absolute Gasteiger partial charge is 0.274 e. The Bertz CT molecular complexity index is 479. The summed E-state index contributed by atoms with van der Waals surface area (Å²) in [6.07, 6.45) is 8.98. The van der Waals surface area contributed by atoms with Gasteiger partial charge in [0, 0.05) is 18.9 Å². The van der Waals surface area contributed by atoms with Crippen LogP contribution in [0.3, 0.4) is 0 Å². The number of likely N-dealkylation sites (tertiary alicyclic amines) is 1. The molecule has 2 aliphatic rings. The molecule has 108 valence electrons. The Kier molecular flexibility index (Phi) is 3.70. The largest absolute Gasteiger partial charge is 0.373 e. The van der Waals surface area contributed by atoms with Gasteiger partial charge in [-0.1, -0.05) is 13.3 Å². The molecule has 1 aromatic heterocycles. The first kappa shape index (κ1) is 13.5. The van der Waals surface area contributed by atoms with E-state index >= 15 is 0 Å². The summed E-state index contributed by atoms with van der Waals surface area (Å²) in [4.78, 5) is 22.4. The van der Waals surface area contributed by atoms with E-state index in [0.717, 1.165) is 38.8 Å². The van der Waals surface area contributed by atoms with Gasteiger partial charge in [0.25, 0.3) is 5.91 Å². The van der Waals surface area contributed by atoms with Crippen molar-refractivity contribution in [2.45, 2.75) is 38.2 Å². The molecule has 0 saturated carbocycles. The van der Waals surface area contributed by atoms with Gasteiger partial charge in [0.15, 0.2) is 0 Å². The zero-order chi connectivity index (χ0) is 14.0. The Hall–Kier alpha value is -1.49. The number of aromatic nitrogens is 2. The standard InChI is InChI=1S/C15H21N3O2/c1-2-12-8-15(20-10-12)4-3-7-18(11-15)14(19)13-9-16-5-6-17-13/h5-6,9,12H,2-4,7-8,10-11H2,1H3/t12-,15-/m1/s1. The molecule has 0 radical (unpaired) electrons. The molecule has 3 rings (SSSR count). The predicted molar refractivity (Wildman–Crippen MR) is 74.3 cm³/mol. The summed E-state index contributed by atoms with van der Waals surface area (Å²) >= 11 is 0. The molecular weight excluding hydrogens is 254 g/mol. The second-order valence-electron chi connectivity index (χ2n) is 5.89. The van der Waals surface area contributed by atoms with Crippen LogP contribution in [0.15, 0.2) is 18.6 Å². The summed E-state index contributed by atoms with van der Waals surface area (Å²) in [5.41, 5.74) is 0.311. The maximum Gasteiger partial charge on any atom is 0.274 e. The third-order valence-electron chi connectivity index (χ3n) is 4.47. The summed E-state index contributed by atoms with van der Waals surface area (Å²) in [5.74, 6) is 0.613. The second kappa shape index (κ2) is 5.48. The van der Waals surface area contributed by atoms with Crippen LogP contribution in [0.5, 0.6) is 0 Å². The van der Waals surface area contributed by atoms with Gasteiger partial charge in [-0.25, -0.2) is 4.98 Å². The Morgan fingerprint density at radius 1 is 1.55 bits per heavy atom. The molecule has 2 fully saturated rings. The first-order valence-electron chi connectivity index (χ1n) is 7.42. The topological polar surface area (TPSA) is 55.3 Å². The molecule has 5 heteroatoms. The molecule has 0 bridgehead atoms. The molecule has 2 saturated heterocycles. The van der Waals surface area contributed by atoms with Crippen LogP contribution in [0.25, 0.3) is 0 Å². The van der Waals surface area contributed by atoms with Gasteiger partial charge in [0.2, 0.25) is 0 Å². The van der Waals surface area contributed by atoms with Gasteiger partial charge in [-0.15, -0.1) is 0 Å². The van der Waals surface area contributed by atoms with E-state index in [0.29, 0.717) is 18.2 Å². The van der Waals surface area contributed by atoms with Gasteiger partial charge < -0.3 is 9.64 Å². The Morgan fingerprint density at radius 2 is 2.45 bits per heavy atom. The van der Waals surface area contributed by atoms with Crippen molar-refractivity contribution in [3.63, 3.8) is 0 Å². The number of amides is 1. The van der Waals surface area contributed by atoms with E-state index in [1.165, 1.54) is 6.20 Å². The lowest BCUT2D eigenvalue weighted by atomic mass is 9.86. The number of nitrogens with zero attached hydrogens (tertiary/aromatic N) is 3. The van der Waals surface area contributed by atoms with Crippen LogP contribution in [-0.2, 0) is 4.74 Å². The SMILES string of the molecule is CC[C@H]1CO[C@]2(CCCN(C(=O)c3cnccn3)C2)C1. The van der Waals surface area contributed by atoms with E-state index in [4.69, 9.17) is 4.74 Å². The number of carbonyl (C=O) groups excluding carboxylic acids is 1. The van der Waals surface area contributed by atoms with Crippen molar-refractivity contribution >= 4 is 5.91 Å². The molecule has 2 aliphatic heterocycles. The summed E-state index contributed by atoms with van der Waals surface area (Å²) in [6, 6.07) is 0. The van der Waals surface area contributed by atoms with Gasteiger partial charge in [-0.3, -0.25) is 9.78 Å². The lowest BCUT2D eigenvalue weighted by molar-refractivity contribution is -0.0451. The molecule has 0 aromatic carbocycles. The number of hydrogen-bond acceptors (Lipinski definition) is 4. The number of hydrogen-bond donors (Lipinski definition) is 0. The Morgan fingerprint density at radius 3 is 3.15 bits per heavy atom. The van der Waals surface area contributed by atoms with Crippen molar-refractivity contribution in [1.82, 2.24) is 14.9 Å². The van der Waals surface area contributed by atoms with Crippen LogP contribution in [0, 0.1) is 5.92 Å². The summed E-state index contributed by atoms with van der Waals surface area (Å²) in [6.45, 7) is 4.53. The van der Waals surface area contributed by atoms with Crippen LogP contribution in [0.4, 0.5) is 0 Å². The Balaban J connectivity index is 1.71. The highest BCUT2D eigenvalue weighted by Gasteiger charge is 2.44. The van der Waals surface area contributed by atoms with E-state index in [9.17, 15) is 4.79 Å². The van der Waals surface area contributed by atoms with Crippen LogP contribution in [0.2, 0.25) is 0 Å². The normalized spacial score (nSPS) is 29.9. The van der Waals surface area contributed by atoms with Crippen molar-refractivity contribution in [1.29, 1.82) is 0 Å². The van der Waals surface area contributed by atoms with Crippen molar-refractivity contribution in [3.8, 4) is 0 Å². The van der Waals surface area contributed by atoms with Gasteiger partial charge >= 0.3 is 0 Å². The predicted octanol–water partition coefficient (Wildman–Crippen LogP) is 1.90. The highest BCUT2D eigenvalue weighted by Crippen LogP contribution is 2.38.